The Bertz CT molecular complexity index is 572. The summed E-state index contributed by atoms with van der Waals surface area (Å²) in [5, 5.41) is 11.0. The number of β-amino-alcohol motifs (C(OH)–C–C–N with tert-alkyl or cyclic N) is 1. The lowest BCUT2D eigenvalue weighted by Crippen LogP contribution is -2.51. The molecule has 2 fully saturated rings. The van der Waals surface area contributed by atoms with Crippen LogP contribution in [0.4, 0.5) is 0 Å². The number of benzene rings is 1. The van der Waals surface area contributed by atoms with Crippen molar-refractivity contribution in [1.82, 2.24) is 19.6 Å². The van der Waals surface area contributed by atoms with E-state index in [-0.39, 0.29) is 0 Å². The number of piperazine rings is 1. The Kier molecular flexibility index (Phi) is 7.11. The predicted octanol–water partition coefficient (Wildman–Crippen LogP) is 0.811. The van der Waals surface area contributed by atoms with E-state index in [9.17, 15) is 5.11 Å². The van der Waals surface area contributed by atoms with Crippen LogP contribution in [0, 0.1) is 0 Å². The zero-order chi connectivity index (χ0) is 19.3. The molecule has 1 aromatic rings. The normalized spacial score (nSPS) is 25.4. The lowest BCUT2D eigenvalue weighted by atomic mass is 10.0. The van der Waals surface area contributed by atoms with Gasteiger partial charge in [0.1, 0.15) is 12.4 Å². The molecule has 27 heavy (non-hydrogen) atoms. The van der Waals surface area contributed by atoms with Crippen molar-refractivity contribution in [2.24, 2.45) is 0 Å². The lowest BCUT2D eigenvalue weighted by Gasteiger charge is -2.36. The van der Waals surface area contributed by atoms with Gasteiger partial charge in [-0.05, 0) is 45.3 Å². The smallest absolute Gasteiger partial charge is 0.119 e. The second-order valence-electron chi connectivity index (χ2n) is 8.56. The van der Waals surface area contributed by atoms with Crippen LogP contribution in [-0.4, -0.2) is 110 Å². The Morgan fingerprint density at radius 3 is 2.41 bits per heavy atom. The molecule has 1 atom stereocenters. The van der Waals surface area contributed by atoms with Gasteiger partial charge in [0.15, 0.2) is 0 Å². The van der Waals surface area contributed by atoms with E-state index in [0.717, 1.165) is 71.1 Å². The van der Waals surface area contributed by atoms with E-state index in [2.05, 4.69) is 50.9 Å². The SMILES string of the molecule is CN(C)CCOc1ccc(CN2CCC(O)(CN3CCN(C)CC3)C2)cc1. The van der Waals surface area contributed by atoms with Crippen LogP contribution < -0.4 is 4.74 Å². The fourth-order valence-corrected chi connectivity index (χ4v) is 3.92. The average molecular weight is 377 g/mol. The van der Waals surface area contributed by atoms with Gasteiger partial charge in [-0.2, -0.15) is 0 Å². The second kappa shape index (κ2) is 9.34. The third kappa shape index (κ3) is 6.43. The average Bonchev–Trinajstić information content (AvgIpc) is 2.99. The van der Waals surface area contributed by atoms with Gasteiger partial charge in [-0.15, -0.1) is 0 Å². The molecule has 152 valence electrons. The minimum Gasteiger partial charge on any atom is -0.492 e. The first-order chi connectivity index (χ1) is 12.9. The first-order valence-corrected chi connectivity index (χ1v) is 10.1. The maximum Gasteiger partial charge on any atom is 0.119 e. The molecule has 0 spiro atoms. The highest BCUT2D eigenvalue weighted by Crippen LogP contribution is 2.25. The third-order valence-corrected chi connectivity index (χ3v) is 5.66. The number of ether oxygens (including phenoxy) is 1. The van der Waals surface area contributed by atoms with Crippen LogP contribution in [0.15, 0.2) is 24.3 Å². The van der Waals surface area contributed by atoms with E-state index in [1.807, 2.05) is 14.1 Å². The monoisotopic (exact) mass is 376 g/mol. The predicted molar refractivity (Wildman–Crippen MR) is 109 cm³/mol. The minimum atomic E-state index is -0.564. The number of likely N-dealkylation sites (N-methyl/N-ethyl adjacent to an activating group) is 2. The van der Waals surface area contributed by atoms with Gasteiger partial charge in [0.2, 0.25) is 0 Å². The van der Waals surface area contributed by atoms with Gasteiger partial charge >= 0.3 is 0 Å². The molecular weight excluding hydrogens is 340 g/mol. The zero-order valence-corrected chi connectivity index (χ0v) is 17.2. The molecule has 1 aromatic carbocycles. The van der Waals surface area contributed by atoms with Gasteiger partial charge < -0.3 is 19.6 Å². The summed E-state index contributed by atoms with van der Waals surface area (Å²) in [6.45, 7) is 9.37. The van der Waals surface area contributed by atoms with Crippen molar-refractivity contribution in [3.8, 4) is 5.75 Å². The Balaban J connectivity index is 1.43. The van der Waals surface area contributed by atoms with Crippen molar-refractivity contribution >= 4 is 0 Å². The first-order valence-electron chi connectivity index (χ1n) is 10.1. The standard InChI is InChI=1S/C21H36N4O2/c1-22(2)14-15-27-20-6-4-19(5-7-20)16-25-9-8-21(26,18-25)17-24-12-10-23(3)11-13-24/h4-7,26H,8-18H2,1-3H3. The highest BCUT2D eigenvalue weighted by atomic mass is 16.5. The van der Waals surface area contributed by atoms with Gasteiger partial charge in [-0.1, -0.05) is 12.1 Å². The Morgan fingerprint density at radius 2 is 1.74 bits per heavy atom. The topological polar surface area (TPSA) is 42.4 Å². The lowest BCUT2D eigenvalue weighted by molar-refractivity contribution is -0.000370. The molecule has 1 N–H and O–H groups in total. The zero-order valence-electron chi connectivity index (χ0n) is 17.2. The van der Waals surface area contributed by atoms with E-state index in [4.69, 9.17) is 4.74 Å². The minimum absolute atomic E-state index is 0.564. The van der Waals surface area contributed by atoms with Crippen LogP contribution in [0.1, 0.15) is 12.0 Å². The fourth-order valence-electron chi connectivity index (χ4n) is 3.92. The molecule has 3 rings (SSSR count). The Morgan fingerprint density at radius 1 is 1.04 bits per heavy atom. The summed E-state index contributed by atoms with van der Waals surface area (Å²) in [4.78, 5) is 9.27. The molecule has 6 heteroatoms. The van der Waals surface area contributed by atoms with Crippen molar-refractivity contribution in [1.29, 1.82) is 0 Å². The molecule has 0 aromatic heterocycles. The molecular formula is C21H36N4O2. The fraction of sp³-hybridized carbons (Fsp3) is 0.714. The third-order valence-electron chi connectivity index (χ3n) is 5.66. The van der Waals surface area contributed by atoms with Crippen LogP contribution in [0.2, 0.25) is 0 Å². The molecule has 0 amide bonds. The van der Waals surface area contributed by atoms with E-state index >= 15 is 0 Å². The molecule has 0 saturated carbocycles. The van der Waals surface area contributed by atoms with E-state index < -0.39 is 5.60 Å². The van der Waals surface area contributed by atoms with Crippen LogP contribution in [-0.2, 0) is 6.54 Å². The van der Waals surface area contributed by atoms with Crippen LogP contribution >= 0.6 is 0 Å². The molecule has 2 saturated heterocycles. The summed E-state index contributed by atoms with van der Waals surface area (Å²) in [5.74, 6) is 0.925. The summed E-state index contributed by atoms with van der Waals surface area (Å²) >= 11 is 0. The van der Waals surface area contributed by atoms with Crippen molar-refractivity contribution in [2.75, 3.05) is 80.1 Å². The molecule has 6 nitrogen and oxygen atoms in total. The second-order valence-corrected chi connectivity index (χ2v) is 8.56. The summed E-state index contributed by atoms with van der Waals surface area (Å²) in [5.41, 5.74) is 0.712. The van der Waals surface area contributed by atoms with Crippen molar-refractivity contribution in [3.63, 3.8) is 0 Å². The van der Waals surface area contributed by atoms with Crippen molar-refractivity contribution in [2.45, 2.75) is 18.6 Å². The number of hydrogen-bond acceptors (Lipinski definition) is 6. The molecule has 0 bridgehead atoms. The maximum absolute atomic E-state index is 11.0. The molecule has 0 radical (unpaired) electrons. The Labute approximate surface area is 164 Å². The Hall–Kier alpha value is -1.18. The van der Waals surface area contributed by atoms with Crippen LogP contribution in [0.3, 0.4) is 0 Å². The maximum atomic E-state index is 11.0. The number of likely N-dealkylation sites (tertiary alicyclic amines) is 1. The number of nitrogens with zero attached hydrogens (tertiary/aromatic N) is 4. The highest BCUT2D eigenvalue weighted by molar-refractivity contribution is 5.27. The summed E-state index contributed by atoms with van der Waals surface area (Å²) < 4.78 is 5.76. The quantitative estimate of drug-likeness (QED) is 0.724. The van der Waals surface area contributed by atoms with Gasteiger partial charge in [0.05, 0.1) is 5.60 Å². The molecule has 0 aliphatic carbocycles. The van der Waals surface area contributed by atoms with Crippen LogP contribution in [0.5, 0.6) is 5.75 Å². The highest BCUT2D eigenvalue weighted by Gasteiger charge is 2.37. The largest absolute Gasteiger partial charge is 0.492 e. The van der Waals surface area contributed by atoms with E-state index in [1.165, 1.54) is 5.56 Å². The van der Waals surface area contributed by atoms with E-state index in [0.29, 0.717) is 6.61 Å². The summed E-state index contributed by atoms with van der Waals surface area (Å²) in [6.07, 6.45) is 0.866. The van der Waals surface area contributed by atoms with Gasteiger partial charge in [0.25, 0.3) is 0 Å². The molecule has 2 aliphatic heterocycles. The first kappa shape index (κ1) is 20.6. The van der Waals surface area contributed by atoms with E-state index in [1.54, 1.807) is 0 Å². The number of hydrogen-bond donors (Lipinski definition) is 1. The summed E-state index contributed by atoms with van der Waals surface area (Å²) in [6, 6.07) is 8.39. The molecule has 1 unspecified atom stereocenters. The van der Waals surface area contributed by atoms with Crippen LogP contribution in [0.25, 0.3) is 0 Å². The van der Waals surface area contributed by atoms with Gasteiger partial charge in [0, 0.05) is 58.9 Å². The van der Waals surface area contributed by atoms with Crippen molar-refractivity contribution < 1.29 is 9.84 Å². The number of aliphatic hydroxyl groups is 1. The number of rotatable bonds is 8. The van der Waals surface area contributed by atoms with Gasteiger partial charge in [-0.25, -0.2) is 0 Å². The van der Waals surface area contributed by atoms with Crippen molar-refractivity contribution in [3.05, 3.63) is 29.8 Å². The van der Waals surface area contributed by atoms with Gasteiger partial charge in [-0.3, -0.25) is 9.80 Å². The molecule has 2 aliphatic rings. The molecule has 2 heterocycles. The summed E-state index contributed by atoms with van der Waals surface area (Å²) in [7, 11) is 6.27.